The van der Waals surface area contributed by atoms with Crippen LogP contribution in [-0.2, 0) is 46.1 Å². The van der Waals surface area contributed by atoms with Gasteiger partial charge in [0.2, 0.25) is 0 Å². The third-order valence-corrected chi connectivity index (χ3v) is 25.2. The van der Waals surface area contributed by atoms with Gasteiger partial charge >= 0.3 is 12.1 Å². The number of nitrogens with zero attached hydrogens (tertiary/aromatic N) is 7. The maximum Gasteiger partial charge on any atom is 0.410 e. The summed E-state index contributed by atoms with van der Waals surface area (Å²) in [7, 11) is -6.01. The summed E-state index contributed by atoms with van der Waals surface area (Å²) in [5.41, 5.74) is 2.46. The number of amides is 1. The molecule has 5 aromatic carbocycles. The molecule has 0 bridgehead atoms. The summed E-state index contributed by atoms with van der Waals surface area (Å²) in [5, 5.41) is 11.6. The van der Waals surface area contributed by atoms with Gasteiger partial charge in [-0.05, 0) is 136 Å². The lowest BCUT2D eigenvalue weighted by Crippen LogP contribution is -2.68. The molecule has 0 aliphatic carbocycles. The Morgan fingerprint density at radius 2 is 1.50 bits per heavy atom. The van der Waals surface area contributed by atoms with E-state index in [-0.39, 0.29) is 42.6 Å². The van der Waals surface area contributed by atoms with Gasteiger partial charge in [-0.2, -0.15) is 13.4 Å². The van der Waals surface area contributed by atoms with Crippen LogP contribution in [0.1, 0.15) is 92.9 Å². The van der Waals surface area contributed by atoms with E-state index in [1.54, 1.807) is 58.2 Å². The molecule has 0 saturated carbocycles. The number of aromatic nitrogens is 4. The van der Waals surface area contributed by atoms with E-state index in [0.717, 1.165) is 32.2 Å². The van der Waals surface area contributed by atoms with Gasteiger partial charge in [-0.25, -0.2) is 19.0 Å². The highest BCUT2D eigenvalue weighted by Gasteiger charge is 2.51. The normalized spacial score (nSPS) is 12.7. The van der Waals surface area contributed by atoms with Crippen LogP contribution < -0.4 is 24.8 Å². The molecule has 92 heavy (non-hydrogen) atoms. The quantitative estimate of drug-likeness (QED) is 0.0156. The van der Waals surface area contributed by atoms with E-state index in [0.29, 0.717) is 76.6 Å². The number of rotatable bonds is 27. The number of methoxy groups -OCH3 is 1. The zero-order valence-electron chi connectivity index (χ0n) is 54.9. The molecule has 0 N–H and O–H groups in total. The molecule has 0 saturated heterocycles. The zero-order valence-corrected chi connectivity index (χ0v) is 59.3. The molecule has 0 aliphatic rings. The minimum atomic E-state index is -4.23. The molecule has 0 fully saturated rings. The molecule has 0 spiro atoms. The number of ether oxygens (including phenoxy) is 4. The highest BCUT2D eigenvalue weighted by Crippen LogP contribution is 2.39. The third kappa shape index (κ3) is 18.7. The van der Waals surface area contributed by atoms with Crippen LogP contribution in [0.2, 0.25) is 30.7 Å². The number of hydrogen-bond donors (Lipinski definition) is 0. The van der Waals surface area contributed by atoms with Gasteiger partial charge in [0.1, 0.15) is 12.3 Å². The standard InChI is InChI=1S/C69H84FN7O10S3Si2/c1-49-34-37-53(38-35-49)90(80,81)85-47-52(87-92(69(6,7)8,54-27-16-14-17-28-54)55-29-18-15-19-30-55)26-23-41-76(61-45-50(2)63(74-73-61)72-66-77(48-83-43-44-91(11,12)13)57-31-20-21-32-59(57)88-66)65-71-62(64(78)82-10)60(89-65)33-24-42-84-58-39-36-51(46-56(58)70)25-22-40-75(9)67(79)86-68(3,4)5/h14-21,27-32,34-39,45-46,52H,23-24,26,33,40-44,47-48H2,1-13H3/b72-66-. The largest absolute Gasteiger partial charge is 0.491 e. The summed E-state index contributed by atoms with van der Waals surface area (Å²) in [6, 6.07) is 42.3. The Hall–Kier alpha value is -7.41. The smallest absolute Gasteiger partial charge is 0.410 e. The number of fused-ring (bicyclic) bond motifs is 1. The van der Waals surface area contributed by atoms with E-state index in [4.69, 9.17) is 47.7 Å². The predicted octanol–water partition coefficient (Wildman–Crippen LogP) is 13.5. The molecular formula is C69H84FN7O10S3Si2. The summed E-state index contributed by atoms with van der Waals surface area (Å²) in [5.74, 6) is 5.37. The van der Waals surface area contributed by atoms with Gasteiger partial charge in [0, 0.05) is 38.7 Å². The molecule has 1 amide bonds. The van der Waals surface area contributed by atoms with Crippen molar-refractivity contribution in [1.29, 1.82) is 0 Å². The van der Waals surface area contributed by atoms with Crippen molar-refractivity contribution in [2.45, 2.75) is 135 Å². The first kappa shape index (κ1) is 70.5. The Kier molecular flexibility index (Phi) is 23.8. The third-order valence-electron chi connectivity index (χ3n) is 14.9. The first-order chi connectivity index (χ1) is 43.6. The molecule has 17 nitrogen and oxygen atoms in total. The van der Waals surface area contributed by atoms with Crippen LogP contribution in [0.3, 0.4) is 0 Å². The van der Waals surface area contributed by atoms with Crippen molar-refractivity contribution in [2.24, 2.45) is 4.99 Å². The van der Waals surface area contributed by atoms with Crippen LogP contribution in [0.25, 0.3) is 10.2 Å². The van der Waals surface area contributed by atoms with Gasteiger partial charge in [0.25, 0.3) is 18.4 Å². The van der Waals surface area contributed by atoms with Crippen LogP contribution in [-0.4, -0.2) is 120 Å². The summed E-state index contributed by atoms with van der Waals surface area (Å²) < 4.78 is 83.3. The number of carbonyl (C=O) groups is 2. The van der Waals surface area contributed by atoms with Crippen molar-refractivity contribution in [3.05, 3.63) is 171 Å². The number of aryl methyl sites for hydroxylation is 3. The molecular weight excluding hydrogens is 1260 g/mol. The van der Waals surface area contributed by atoms with Gasteiger partial charge in [0.05, 0.1) is 48.1 Å². The number of anilines is 2. The van der Waals surface area contributed by atoms with Crippen LogP contribution in [0, 0.1) is 31.5 Å². The van der Waals surface area contributed by atoms with E-state index in [1.165, 1.54) is 46.8 Å². The van der Waals surface area contributed by atoms with E-state index in [9.17, 15) is 18.0 Å². The molecule has 0 radical (unpaired) electrons. The Morgan fingerprint density at radius 3 is 2.13 bits per heavy atom. The Morgan fingerprint density at radius 1 is 0.826 bits per heavy atom. The fraction of sp³-hybridized carbons (Fsp3) is 0.391. The Labute approximate surface area is 550 Å². The van der Waals surface area contributed by atoms with Gasteiger partial charge in [0.15, 0.2) is 38.8 Å². The average Bonchev–Trinajstić information content (AvgIpc) is 0.905. The minimum Gasteiger partial charge on any atom is -0.491 e. The molecule has 8 aromatic rings. The van der Waals surface area contributed by atoms with Gasteiger partial charge in [-0.1, -0.05) is 154 Å². The second-order valence-corrected chi connectivity index (χ2v) is 39.3. The number of thiazole rings is 2. The number of para-hydroxylation sites is 1. The van der Waals surface area contributed by atoms with E-state index in [2.05, 4.69) is 93.2 Å². The molecule has 3 heterocycles. The zero-order chi connectivity index (χ0) is 66.4. The summed E-state index contributed by atoms with van der Waals surface area (Å²) in [6.45, 7) is 23.7. The van der Waals surface area contributed by atoms with Gasteiger partial charge < -0.3 is 33.2 Å². The van der Waals surface area contributed by atoms with Gasteiger partial charge in [-0.3, -0.25) is 8.75 Å². The molecule has 1 unspecified atom stereocenters. The minimum absolute atomic E-state index is 0.0262. The number of esters is 1. The molecule has 1 atom stereocenters. The van der Waals surface area contributed by atoms with E-state index >= 15 is 4.39 Å². The Balaban J connectivity index is 1.12. The second kappa shape index (κ2) is 31.0. The second-order valence-electron chi connectivity index (χ2n) is 25.7. The van der Waals surface area contributed by atoms with Crippen molar-refractivity contribution >= 4 is 98.6 Å². The van der Waals surface area contributed by atoms with Crippen LogP contribution >= 0.6 is 22.7 Å². The number of carbonyl (C=O) groups excluding carboxylic acids is 2. The highest BCUT2D eigenvalue weighted by atomic mass is 32.2. The number of benzene rings is 5. The van der Waals surface area contributed by atoms with Crippen molar-refractivity contribution in [3.8, 4) is 17.6 Å². The lowest BCUT2D eigenvalue weighted by Gasteiger charge is -2.45. The highest BCUT2D eigenvalue weighted by molar-refractivity contribution is 7.86. The maximum absolute atomic E-state index is 15.5. The average molecular weight is 1340 g/mol. The fourth-order valence-corrected chi connectivity index (χ4v) is 18.6. The van der Waals surface area contributed by atoms with Crippen LogP contribution in [0.5, 0.6) is 5.75 Å². The summed E-state index contributed by atoms with van der Waals surface area (Å²) >= 11 is 2.82. The first-order valence-electron chi connectivity index (χ1n) is 30.7. The number of hydrogen-bond acceptors (Lipinski definition) is 17. The number of halogens is 1. The molecule has 0 aliphatic heterocycles. The monoisotopic (exact) mass is 1340 g/mol. The fourth-order valence-electron chi connectivity index (χ4n) is 10.1. The molecule has 23 heteroatoms. The first-order valence-corrected chi connectivity index (χ1v) is 39.3. The Bertz CT molecular complexity index is 4020. The molecule has 488 valence electrons. The van der Waals surface area contributed by atoms with Crippen molar-refractivity contribution in [1.82, 2.24) is 24.6 Å². The summed E-state index contributed by atoms with van der Waals surface area (Å²) in [4.78, 5) is 40.7. The van der Waals surface area contributed by atoms with Crippen molar-refractivity contribution < 1.29 is 50.0 Å². The van der Waals surface area contributed by atoms with Crippen molar-refractivity contribution in [3.63, 3.8) is 0 Å². The maximum atomic E-state index is 15.5. The predicted molar refractivity (Wildman–Crippen MR) is 368 cm³/mol. The van der Waals surface area contributed by atoms with Gasteiger partial charge in [-0.15, -0.1) is 21.5 Å². The molecule has 8 rings (SSSR count). The summed E-state index contributed by atoms with van der Waals surface area (Å²) in [6.07, 6.45) is 0.0927. The van der Waals surface area contributed by atoms with Crippen LogP contribution in [0.4, 0.5) is 26.0 Å². The molecule has 3 aromatic heterocycles. The topological polar surface area (TPSA) is 186 Å². The van der Waals surface area contributed by atoms with E-state index < -0.39 is 61.1 Å². The van der Waals surface area contributed by atoms with Crippen LogP contribution in [0.15, 0.2) is 143 Å². The lowest BCUT2D eigenvalue weighted by atomic mass is 10.2. The van der Waals surface area contributed by atoms with Crippen molar-refractivity contribution in [2.75, 3.05) is 52.0 Å². The SMILES string of the molecule is COC(=O)c1nc(N(CCCC(COS(=O)(=O)c2ccc(C)cc2)O[Si](c2ccccc2)(c2ccccc2)C(C)(C)C)c2cc(C)c(/N=c3\sc4ccccc4n3COCC[Si](C)(C)C)nn2)sc1CCCOc1ccc(C#CCN(C)C(=O)OC(C)(C)C)cc1F. The van der Waals surface area contributed by atoms with E-state index in [1.807, 2.05) is 73.3 Å². The lowest BCUT2D eigenvalue weighted by molar-refractivity contribution is 0.0320.